The predicted octanol–water partition coefficient (Wildman–Crippen LogP) is 4.50. The molecule has 7 nitrogen and oxygen atoms in total. The molecule has 0 unspecified atom stereocenters. The number of rotatable bonds is 5. The first-order chi connectivity index (χ1) is 13.7. The molecule has 1 N–H and O–H groups in total. The molecule has 0 fully saturated rings. The van der Waals surface area contributed by atoms with Crippen molar-refractivity contribution in [2.75, 3.05) is 5.43 Å². The van der Waals surface area contributed by atoms with Crippen molar-refractivity contribution in [3.8, 4) is 23.0 Å². The largest absolute Gasteiger partial charge is 0.425 e. The quantitative estimate of drug-likeness (QED) is 0.401. The Morgan fingerprint density at radius 3 is 2.68 bits per heavy atom. The third kappa shape index (κ3) is 3.63. The van der Waals surface area contributed by atoms with E-state index in [1.54, 1.807) is 10.9 Å². The van der Waals surface area contributed by atoms with Gasteiger partial charge in [-0.3, -0.25) is 0 Å². The van der Waals surface area contributed by atoms with Crippen LogP contribution < -0.4 is 5.43 Å². The van der Waals surface area contributed by atoms with Crippen molar-refractivity contribution >= 4 is 23.7 Å². The predicted molar refractivity (Wildman–Crippen MR) is 106 cm³/mol. The third-order valence-electron chi connectivity index (χ3n) is 3.92. The first-order valence-electron chi connectivity index (χ1n) is 8.28. The number of anilines is 1. The lowest BCUT2D eigenvalue weighted by atomic mass is 10.1. The molecule has 2 heterocycles. The Bertz CT molecular complexity index is 1160. The van der Waals surface area contributed by atoms with Crippen LogP contribution in [-0.4, -0.2) is 21.0 Å². The van der Waals surface area contributed by atoms with Gasteiger partial charge in [0, 0.05) is 22.3 Å². The van der Waals surface area contributed by atoms with Gasteiger partial charge in [-0.25, -0.2) is 15.1 Å². The van der Waals surface area contributed by atoms with Gasteiger partial charge < -0.3 is 4.42 Å². The molecule has 4 aromatic rings. The maximum Gasteiger partial charge on any atom is 0.251 e. The minimum Gasteiger partial charge on any atom is -0.425 e. The Balaban J connectivity index is 1.70. The summed E-state index contributed by atoms with van der Waals surface area (Å²) in [5.41, 5.74) is 6.16. The highest BCUT2D eigenvalue weighted by molar-refractivity contribution is 6.30. The van der Waals surface area contributed by atoms with E-state index in [1.807, 2.05) is 66.9 Å². The van der Waals surface area contributed by atoms with E-state index in [4.69, 9.17) is 26.4 Å². The zero-order valence-corrected chi connectivity index (χ0v) is 15.2. The van der Waals surface area contributed by atoms with Crippen LogP contribution in [0.2, 0.25) is 5.02 Å². The summed E-state index contributed by atoms with van der Waals surface area (Å²) >= 11 is 6.00. The summed E-state index contributed by atoms with van der Waals surface area (Å²) in [5.74, 6) is 0.183. The first kappa shape index (κ1) is 17.5. The van der Waals surface area contributed by atoms with E-state index in [2.05, 4.69) is 15.5 Å². The second-order valence-electron chi connectivity index (χ2n) is 5.73. The topological polar surface area (TPSA) is 92.0 Å². The molecule has 0 spiro atoms. The number of aromatic nitrogens is 3. The Morgan fingerprint density at radius 1 is 1.14 bits per heavy atom. The fourth-order valence-corrected chi connectivity index (χ4v) is 2.72. The molecule has 0 atom stereocenters. The minimum absolute atomic E-state index is 0.134. The van der Waals surface area contributed by atoms with E-state index in [9.17, 15) is 0 Å². The summed E-state index contributed by atoms with van der Waals surface area (Å²) in [7, 11) is 0. The van der Waals surface area contributed by atoms with Gasteiger partial charge in [-0.15, -0.1) is 0 Å². The van der Waals surface area contributed by atoms with E-state index in [0.717, 1.165) is 22.5 Å². The molecule has 0 aliphatic carbocycles. The molecule has 4 rings (SSSR count). The van der Waals surface area contributed by atoms with Crippen molar-refractivity contribution in [3.63, 3.8) is 0 Å². The standard InChI is InChI=1S/C20H13ClN6O/c21-16-8-6-14(7-9-16)19-15(11-24-25-20-18(10-22)23-13-28-20)12-27(26-19)17-4-2-1-3-5-17/h1-9,11-13,25H/b24-11+. The number of para-hydroxylation sites is 1. The fourth-order valence-electron chi connectivity index (χ4n) is 2.59. The van der Waals surface area contributed by atoms with E-state index in [0.29, 0.717) is 5.02 Å². The molecular weight excluding hydrogens is 376 g/mol. The van der Waals surface area contributed by atoms with Crippen LogP contribution in [0.4, 0.5) is 5.88 Å². The van der Waals surface area contributed by atoms with Gasteiger partial charge >= 0.3 is 0 Å². The summed E-state index contributed by atoms with van der Waals surface area (Å²) in [5, 5.41) is 18.5. The number of hydrazone groups is 1. The number of benzene rings is 2. The highest BCUT2D eigenvalue weighted by atomic mass is 35.5. The summed E-state index contributed by atoms with van der Waals surface area (Å²) in [4.78, 5) is 3.78. The molecular formula is C20H13ClN6O. The van der Waals surface area contributed by atoms with Gasteiger partial charge in [0.15, 0.2) is 6.39 Å². The number of halogens is 1. The maximum absolute atomic E-state index is 8.98. The van der Waals surface area contributed by atoms with Gasteiger partial charge in [0.1, 0.15) is 11.8 Å². The fraction of sp³-hybridized carbons (Fsp3) is 0. The molecule has 0 aliphatic heterocycles. The Hall–Kier alpha value is -3.89. The Kier molecular flexibility index (Phi) is 4.87. The average Bonchev–Trinajstić information content (AvgIpc) is 3.36. The van der Waals surface area contributed by atoms with E-state index >= 15 is 0 Å². The number of nitriles is 1. The third-order valence-corrected chi connectivity index (χ3v) is 4.18. The first-order valence-corrected chi connectivity index (χ1v) is 8.66. The molecule has 2 aromatic heterocycles. The molecule has 8 heteroatoms. The van der Waals surface area contributed by atoms with Crippen LogP contribution in [0, 0.1) is 11.3 Å². The normalized spacial score (nSPS) is 10.9. The lowest BCUT2D eigenvalue weighted by Gasteiger charge is -2.00. The average molecular weight is 389 g/mol. The van der Waals surface area contributed by atoms with Crippen molar-refractivity contribution in [3.05, 3.63) is 83.5 Å². The summed E-state index contributed by atoms with van der Waals surface area (Å²) in [6.07, 6.45) is 4.67. The highest BCUT2D eigenvalue weighted by Gasteiger charge is 2.12. The molecule has 0 radical (unpaired) electrons. The van der Waals surface area contributed by atoms with Gasteiger partial charge in [-0.2, -0.15) is 15.5 Å². The molecule has 136 valence electrons. The number of nitrogens with zero attached hydrogens (tertiary/aromatic N) is 5. The lowest BCUT2D eigenvalue weighted by molar-refractivity contribution is 0.570. The number of oxazole rings is 1. The van der Waals surface area contributed by atoms with Crippen LogP contribution in [0.15, 0.2) is 76.7 Å². The summed E-state index contributed by atoms with van der Waals surface area (Å²) < 4.78 is 6.88. The van der Waals surface area contributed by atoms with Gasteiger partial charge in [0.25, 0.3) is 5.88 Å². The van der Waals surface area contributed by atoms with Crippen molar-refractivity contribution < 1.29 is 4.42 Å². The molecule has 0 amide bonds. The zero-order chi connectivity index (χ0) is 19.3. The van der Waals surface area contributed by atoms with Crippen LogP contribution in [0.5, 0.6) is 0 Å². The minimum atomic E-state index is 0.134. The van der Waals surface area contributed by atoms with Crippen LogP contribution in [-0.2, 0) is 0 Å². The van der Waals surface area contributed by atoms with Crippen LogP contribution in [0.1, 0.15) is 11.3 Å². The monoisotopic (exact) mass is 388 g/mol. The highest BCUT2D eigenvalue weighted by Crippen LogP contribution is 2.24. The van der Waals surface area contributed by atoms with Gasteiger partial charge in [0.05, 0.1) is 11.9 Å². The second-order valence-corrected chi connectivity index (χ2v) is 6.17. The summed E-state index contributed by atoms with van der Waals surface area (Å²) in [6.45, 7) is 0. The van der Waals surface area contributed by atoms with Crippen molar-refractivity contribution in [2.45, 2.75) is 0 Å². The Labute approximate surface area is 165 Å². The summed E-state index contributed by atoms with van der Waals surface area (Å²) in [6, 6.07) is 19.1. The smallest absolute Gasteiger partial charge is 0.251 e. The number of hydrogen-bond acceptors (Lipinski definition) is 6. The van der Waals surface area contributed by atoms with Crippen LogP contribution >= 0.6 is 11.6 Å². The van der Waals surface area contributed by atoms with E-state index < -0.39 is 0 Å². The van der Waals surface area contributed by atoms with Crippen molar-refractivity contribution in [1.82, 2.24) is 14.8 Å². The molecule has 0 saturated carbocycles. The Morgan fingerprint density at radius 2 is 1.93 bits per heavy atom. The van der Waals surface area contributed by atoms with Gasteiger partial charge in [-0.1, -0.05) is 41.9 Å². The SMILES string of the molecule is N#Cc1ncoc1N/N=C/c1cn(-c2ccccc2)nc1-c1ccc(Cl)cc1. The van der Waals surface area contributed by atoms with Crippen molar-refractivity contribution in [1.29, 1.82) is 5.26 Å². The molecule has 0 aliphatic rings. The molecule has 2 aromatic carbocycles. The number of hydrogen-bond donors (Lipinski definition) is 1. The molecule has 0 saturated heterocycles. The van der Waals surface area contributed by atoms with Crippen molar-refractivity contribution in [2.24, 2.45) is 5.10 Å². The van der Waals surface area contributed by atoms with Crippen LogP contribution in [0.25, 0.3) is 16.9 Å². The molecule has 28 heavy (non-hydrogen) atoms. The van der Waals surface area contributed by atoms with Gasteiger partial charge in [0.2, 0.25) is 5.69 Å². The van der Waals surface area contributed by atoms with Crippen LogP contribution in [0.3, 0.4) is 0 Å². The number of nitrogens with one attached hydrogen (secondary N) is 1. The lowest BCUT2D eigenvalue weighted by Crippen LogP contribution is -1.93. The molecule has 0 bridgehead atoms. The maximum atomic E-state index is 8.98. The van der Waals surface area contributed by atoms with E-state index in [1.165, 1.54) is 6.39 Å². The zero-order valence-electron chi connectivity index (χ0n) is 14.5. The van der Waals surface area contributed by atoms with Gasteiger partial charge in [-0.05, 0) is 24.3 Å². The second kappa shape index (κ2) is 7.78. The van der Waals surface area contributed by atoms with E-state index in [-0.39, 0.29) is 11.6 Å².